The van der Waals surface area contributed by atoms with Crippen molar-refractivity contribution in [2.75, 3.05) is 6.61 Å². The summed E-state index contributed by atoms with van der Waals surface area (Å²) in [4.78, 5) is 22.3. The summed E-state index contributed by atoms with van der Waals surface area (Å²) in [6, 6.07) is 10.4. The van der Waals surface area contributed by atoms with Crippen LogP contribution in [0.1, 0.15) is 11.1 Å². The van der Waals surface area contributed by atoms with Crippen LogP contribution in [0.15, 0.2) is 47.4 Å². The van der Waals surface area contributed by atoms with Crippen molar-refractivity contribution < 1.29 is 14.6 Å². The van der Waals surface area contributed by atoms with Crippen molar-refractivity contribution in [3.63, 3.8) is 0 Å². The molecule has 1 heterocycles. The highest BCUT2D eigenvalue weighted by molar-refractivity contribution is 5.70. The van der Waals surface area contributed by atoms with Gasteiger partial charge in [-0.25, -0.2) is 0 Å². The second-order valence-corrected chi connectivity index (χ2v) is 4.80. The molecule has 0 saturated heterocycles. The Labute approximate surface area is 122 Å². The van der Waals surface area contributed by atoms with Gasteiger partial charge in [-0.05, 0) is 36.2 Å². The van der Waals surface area contributed by atoms with Crippen LogP contribution in [0.25, 0.3) is 0 Å². The molecule has 5 nitrogen and oxygen atoms in total. The molecule has 0 atom stereocenters. The maximum absolute atomic E-state index is 11.7. The van der Waals surface area contributed by atoms with Gasteiger partial charge in [0.1, 0.15) is 12.4 Å². The van der Waals surface area contributed by atoms with E-state index in [0.29, 0.717) is 18.9 Å². The number of carbonyl (C=O) groups is 1. The molecule has 1 aromatic heterocycles. The third-order valence-electron chi connectivity index (χ3n) is 3.03. The Morgan fingerprint density at radius 2 is 1.95 bits per heavy atom. The number of carboxylic acid groups (broad SMARTS) is 1. The number of hydrogen-bond acceptors (Lipinski definition) is 3. The number of hydrogen-bond donors (Lipinski definition) is 1. The zero-order valence-corrected chi connectivity index (χ0v) is 11.8. The van der Waals surface area contributed by atoms with E-state index < -0.39 is 5.97 Å². The number of ether oxygens (including phenoxy) is 1. The van der Waals surface area contributed by atoms with E-state index in [9.17, 15) is 9.59 Å². The molecular formula is C16H17NO4. The fraction of sp³-hybridized carbons (Fsp3) is 0.250. The molecule has 0 spiro atoms. The molecule has 0 unspecified atom stereocenters. The zero-order valence-electron chi connectivity index (χ0n) is 11.8. The highest BCUT2D eigenvalue weighted by Crippen LogP contribution is 2.12. The molecule has 0 bridgehead atoms. The van der Waals surface area contributed by atoms with E-state index in [1.54, 1.807) is 41.1 Å². The van der Waals surface area contributed by atoms with Crippen LogP contribution < -0.4 is 10.3 Å². The summed E-state index contributed by atoms with van der Waals surface area (Å²) >= 11 is 0. The van der Waals surface area contributed by atoms with Gasteiger partial charge in [0.05, 0.1) is 13.0 Å². The molecule has 0 radical (unpaired) electrons. The summed E-state index contributed by atoms with van der Waals surface area (Å²) < 4.78 is 7.14. The van der Waals surface area contributed by atoms with Crippen LogP contribution >= 0.6 is 0 Å². The van der Waals surface area contributed by atoms with Crippen molar-refractivity contribution in [2.45, 2.75) is 19.9 Å². The minimum absolute atomic E-state index is 0.000952. The molecule has 0 fully saturated rings. The molecule has 0 aliphatic rings. The van der Waals surface area contributed by atoms with E-state index in [0.717, 1.165) is 11.1 Å². The smallest absolute Gasteiger partial charge is 0.307 e. The molecular weight excluding hydrogens is 270 g/mol. The van der Waals surface area contributed by atoms with E-state index in [1.165, 1.54) is 0 Å². The lowest BCUT2D eigenvalue weighted by atomic mass is 10.1. The van der Waals surface area contributed by atoms with Gasteiger partial charge in [-0.15, -0.1) is 0 Å². The van der Waals surface area contributed by atoms with Gasteiger partial charge >= 0.3 is 5.97 Å². The van der Waals surface area contributed by atoms with Gasteiger partial charge in [0, 0.05) is 12.3 Å². The summed E-state index contributed by atoms with van der Waals surface area (Å²) in [5, 5.41) is 8.69. The number of benzene rings is 1. The van der Waals surface area contributed by atoms with E-state index in [2.05, 4.69) is 0 Å². The van der Waals surface area contributed by atoms with Gasteiger partial charge in [-0.1, -0.05) is 12.1 Å². The van der Waals surface area contributed by atoms with Crippen LogP contribution in [0.2, 0.25) is 0 Å². The van der Waals surface area contributed by atoms with Crippen LogP contribution in [-0.4, -0.2) is 22.2 Å². The van der Waals surface area contributed by atoms with Crippen LogP contribution in [0.3, 0.4) is 0 Å². The third-order valence-corrected chi connectivity index (χ3v) is 3.03. The van der Waals surface area contributed by atoms with Crippen molar-refractivity contribution >= 4 is 5.97 Å². The summed E-state index contributed by atoms with van der Waals surface area (Å²) in [5.41, 5.74) is 1.62. The average molecular weight is 287 g/mol. The number of carboxylic acids is 1. The topological polar surface area (TPSA) is 68.5 Å². The van der Waals surface area contributed by atoms with Crippen LogP contribution in [0.5, 0.6) is 5.75 Å². The first-order valence-corrected chi connectivity index (χ1v) is 6.65. The first-order valence-electron chi connectivity index (χ1n) is 6.65. The largest absolute Gasteiger partial charge is 0.492 e. The van der Waals surface area contributed by atoms with Crippen molar-refractivity contribution in [1.29, 1.82) is 0 Å². The Bertz CT molecular complexity index is 673. The molecule has 0 aliphatic carbocycles. The van der Waals surface area contributed by atoms with E-state index in [1.807, 2.05) is 13.0 Å². The van der Waals surface area contributed by atoms with Gasteiger partial charge in [0.15, 0.2) is 0 Å². The van der Waals surface area contributed by atoms with Gasteiger partial charge in [-0.3, -0.25) is 9.59 Å². The fourth-order valence-corrected chi connectivity index (χ4v) is 1.93. The number of aliphatic carboxylic acids is 1. The molecule has 2 rings (SSSR count). The fourth-order valence-electron chi connectivity index (χ4n) is 1.93. The predicted octanol–water partition coefficient (Wildman–Crippen LogP) is 1.86. The number of pyridine rings is 1. The molecule has 21 heavy (non-hydrogen) atoms. The zero-order chi connectivity index (χ0) is 15.2. The Balaban J connectivity index is 1.88. The minimum atomic E-state index is -0.859. The second kappa shape index (κ2) is 6.74. The summed E-state index contributed by atoms with van der Waals surface area (Å²) in [5.74, 6) is -0.202. The van der Waals surface area contributed by atoms with Crippen molar-refractivity contribution in [1.82, 2.24) is 4.57 Å². The van der Waals surface area contributed by atoms with Gasteiger partial charge in [-0.2, -0.15) is 0 Å². The van der Waals surface area contributed by atoms with Crippen molar-refractivity contribution in [3.05, 3.63) is 64.1 Å². The Morgan fingerprint density at radius 3 is 2.57 bits per heavy atom. The normalized spacial score (nSPS) is 10.3. The highest BCUT2D eigenvalue weighted by Gasteiger charge is 2.01. The maximum atomic E-state index is 11.7. The van der Waals surface area contributed by atoms with Gasteiger partial charge in [0.2, 0.25) is 0 Å². The summed E-state index contributed by atoms with van der Waals surface area (Å²) in [7, 11) is 0. The van der Waals surface area contributed by atoms with Crippen LogP contribution in [0.4, 0.5) is 0 Å². The van der Waals surface area contributed by atoms with Crippen molar-refractivity contribution in [3.8, 4) is 5.75 Å². The molecule has 1 aromatic carbocycles. The lowest BCUT2D eigenvalue weighted by Crippen LogP contribution is -2.21. The van der Waals surface area contributed by atoms with Crippen LogP contribution in [0, 0.1) is 6.92 Å². The minimum Gasteiger partial charge on any atom is -0.492 e. The Kier molecular flexibility index (Phi) is 4.77. The summed E-state index contributed by atoms with van der Waals surface area (Å²) in [6.45, 7) is 2.72. The van der Waals surface area contributed by atoms with Crippen LogP contribution in [-0.2, 0) is 17.8 Å². The van der Waals surface area contributed by atoms with Gasteiger partial charge in [0.25, 0.3) is 5.56 Å². The van der Waals surface area contributed by atoms with E-state index in [-0.39, 0.29) is 12.0 Å². The lowest BCUT2D eigenvalue weighted by Gasteiger charge is -2.09. The first-order chi connectivity index (χ1) is 10.0. The second-order valence-electron chi connectivity index (χ2n) is 4.80. The van der Waals surface area contributed by atoms with E-state index in [4.69, 9.17) is 9.84 Å². The number of aryl methyl sites for hydroxylation is 1. The van der Waals surface area contributed by atoms with Crippen molar-refractivity contribution in [2.24, 2.45) is 0 Å². The molecule has 110 valence electrons. The average Bonchev–Trinajstić information content (AvgIpc) is 2.42. The monoisotopic (exact) mass is 287 g/mol. The summed E-state index contributed by atoms with van der Waals surface area (Å²) in [6.07, 6.45) is 1.75. The lowest BCUT2D eigenvalue weighted by molar-refractivity contribution is -0.136. The molecule has 0 saturated carbocycles. The molecule has 5 heteroatoms. The Morgan fingerprint density at radius 1 is 1.24 bits per heavy atom. The van der Waals surface area contributed by atoms with Gasteiger partial charge < -0.3 is 14.4 Å². The maximum Gasteiger partial charge on any atom is 0.307 e. The number of aromatic nitrogens is 1. The molecule has 0 aliphatic heterocycles. The highest BCUT2D eigenvalue weighted by atomic mass is 16.5. The quantitative estimate of drug-likeness (QED) is 0.880. The molecule has 1 N–H and O–H groups in total. The standard InChI is InChI=1S/C16H17NO4/c1-12-6-7-17(15(18)10-12)8-9-21-14-4-2-13(3-5-14)11-16(19)20/h2-7,10H,8-9,11H2,1H3,(H,19,20). The predicted molar refractivity (Wildman–Crippen MR) is 78.7 cm³/mol. The first kappa shape index (κ1) is 14.8. The Hall–Kier alpha value is -2.56. The third kappa shape index (κ3) is 4.49. The number of nitrogens with zero attached hydrogens (tertiary/aromatic N) is 1. The van der Waals surface area contributed by atoms with E-state index >= 15 is 0 Å². The molecule has 0 amide bonds. The number of rotatable bonds is 6. The molecule has 2 aromatic rings. The SMILES string of the molecule is Cc1ccn(CCOc2ccc(CC(=O)O)cc2)c(=O)c1.